The zero-order valence-corrected chi connectivity index (χ0v) is 13.2. The van der Waals surface area contributed by atoms with Crippen LogP contribution in [-0.4, -0.2) is 53.8 Å². The Morgan fingerprint density at radius 1 is 1.35 bits per heavy atom. The van der Waals surface area contributed by atoms with Gasteiger partial charge in [0.2, 0.25) is 15.2 Å². The molecule has 2 atom stereocenters. The number of hydrogen-bond donors (Lipinski definition) is 0. The minimum absolute atomic E-state index is 0.126. The quantitative estimate of drug-likeness (QED) is 0.819. The van der Waals surface area contributed by atoms with Gasteiger partial charge in [-0.1, -0.05) is 24.7 Å². The summed E-state index contributed by atoms with van der Waals surface area (Å²) in [6.07, 6.45) is 3.46. The van der Waals surface area contributed by atoms with E-state index < -0.39 is 10.0 Å². The molecule has 0 saturated carbocycles. The normalized spacial score (nSPS) is 27.1. The van der Waals surface area contributed by atoms with Gasteiger partial charge in [-0.05, 0) is 19.3 Å². The first-order valence-corrected chi connectivity index (χ1v) is 9.64. The SMILES string of the molecule is CCCCS(=O)(=O)N1CC[C@H]2[C@@H]1CCN2c1nncs1. The Morgan fingerprint density at radius 3 is 2.85 bits per heavy atom. The highest BCUT2D eigenvalue weighted by molar-refractivity contribution is 7.89. The van der Waals surface area contributed by atoms with Crippen LogP contribution in [0.25, 0.3) is 0 Å². The van der Waals surface area contributed by atoms with Crippen molar-refractivity contribution in [3.8, 4) is 0 Å². The second-order valence-electron chi connectivity index (χ2n) is 5.41. The van der Waals surface area contributed by atoms with Gasteiger partial charge in [-0.15, -0.1) is 10.2 Å². The van der Waals surface area contributed by atoms with Crippen LogP contribution in [0.1, 0.15) is 32.6 Å². The van der Waals surface area contributed by atoms with Gasteiger partial charge in [0.15, 0.2) is 0 Å². The van der Waals surface area contributed by atoms with Gasteiger partial charge >= 0.3 is 0 Å². The third-order valence-corrected chi connectivity index (χ3v) is 6.93. The van der Waals surface area contributed by atoms with E-state index in [1.165, 1.54) is 11.3 Å². The average molecular weight is 316 g/mol. The fourth-order valence-electron chi connectivity index (χ4n) is 3.27. The van der Waals surface area contributed by atoms with Gasteiger partial charge in [0, 0.05) is 25.2 Å². The fraction of sp³-hybridized carbons (Fsp3) is 0.833. The molecule has 2 saturated heterocycles. The lowest BCUT2D eigenvalue weighted by molar-refractivity contribution is 0.387. The standard InChI is InChI=1S/C12H20N4O2S2/c1-2-3-8-20(17,18)16-7-5-10-11(16)4-6-15(10)12-14-13-9-19-12/h9-11H,2-8H2,1H3/t10-,11-/m0/s1. The number of rotatable bonds is 5. The Hall–Kier alpha value is -0.730. The van der Waals surface area contributed by atoms with Gasteiger partial charge in [0.25, 0.3) is 0 Å². The third kappa shape index (κ3) is 2.44. The molecule has 1 aromatic heterocycles. The molecule has 0 bridgehead atoms. The van der Waals surface area contributed by atoms with Crippen LogP contribution >= 0.6 is 11.3 Å². The zero-order chi connectivity index (χ0) is 14.2. The maximum Gasteiger partial charge on any atom is 0.214 e. The summed E-state index contributed by atoms with van der Waals surface area (Å²) in [5.74, 6) is 0.283. The van der Waals surface area contributed by atoms with Crippen molar-refractivity contribution in [1.82, 2.24) is 14.5 Å². The van der Waals surface area contributed by atoms with Gasteiger partial charge in [-0.2, -0.15) is 4.31 Å². The Morgan fingerprint density at radius 2 is 2.15 bits per heavy atom. The monoisotopic (exact) mass is 316 g/mol. The van der Waals surface area contributed by atoms with E-state index in [0.717, 1.165) is 37.4 Å². The van der Waals surface area contributed by atoms with E-state index in [1.807, 2.05) is 6.92 Å². The summed E-state index contributed by atoms with van der Waals surface area (Å²) in [6.45, 7) is 3.55. The Bertz CT molecular complexity index is 546. The van der Waals surface area contributed by atoms with Crippen molar-refractivity contribution in [2.24, 2.45) is 0 Å². The topological polar surface area (TPSA) is 66.4 Å². The molecule has 8 heteroatoms. The summed E-state index contributed by atoms with van der Waals surface area (Å²) in [6, 6.07) is 0.403. The van der Waals surface area contributed by atoms with Crippen LogP contribution in [0, 0.1) is 0 Å². The Kier molecular flexibility index (Phi) is 3.96. The molecule has 3 heterocycles. The average Bonchev–Trinajstić information content (AvgIpc) is 3.11. The molecule has 0 amide bonds. The highest BCUT2D eigenvalue weighted by Gasteiger charge is 2.47. The summed E-state index contributed by atoms with van der Waals surface area (Å²) in [5.41, 5.74) is 1.73. The van der Waals surface area contributed by atoms with Crippen molar-refractivity contribution in [1.29, 1.82) is 0 Å². The first-order valence-electron chi connectivity index (χ1n) is 7.16. The maximum absolute atomic E-state index is 12.4. The maximum atomic E-state index is 12.4. The molecule has 3 rings (SSSR count). The van der Waals surface area contributed by atoms with Crippen LogP contribution in [-0.2, 0) is 10.0 Å². The highest BCUT2D eigenvalue weighted by atomic mass is 32.2. The molecular weight excluding hydrogens is 296 g/mol. The van der Waals surface area contributed by atoms with Crippen LogP contribution in [0.15, 0.2) is 5.51 Å². The predicted octanol–water partition coefficient (Wildman–Crippen LogP) is 1.32. The van der Waals surface area contributed by atoms with E-state index in [0.29, 0.717) is 6.54 Å². The van der Waals surface area contributed by atoms with Gasteiger partial charge in [0.1, 0.15) is 5.51 Å². The number of sulfonamides is 1. The molecule has 0 unspecified atom stereocenters. The molecule has 0 spiro atoms. The number of fused-ring (bicyclic) bond motifs is 1. The van der Waals surface area contributed by atoms with E-state index in [2.05, 4.69) is 15.1 Å². The number of unbranched alkanes of at least 4 members (excludes halogenated alkanes) is 1. The number of hydrogen-bond acceptors (Lipinski definition) is 6. The van der Waals surface area contributed by atoms with E-state index in [4.69, 9.17) is 0 Å². The van der Waals surface area contributed by atoms with Crippen molar-refractivity contribution in [2.45, 2.75) is 44.7 Å². The van der Waals surface area contributed by atoms with Crippen molar-refractivity contribution in [2.75, 3.05) is 23.7 Å². The lowest BCUT2D eigenvalue weighted by Gasteiger charge is -2.24. The summed E-state index contributed by atoms with van der Waals surface area (Å²) in [4.78, 5) is 2.23. The largest absolute Gasteiger partial charge is 0.342 e. The van der Waals surface area contributed by atoms with Crippen LogP contribution in [0.5, 0.6) is 0 Å². The molecule has 112 valence electrons. The highest BCUT2D eigenvalue weighted by Crippen LogP contribution is 2.37. The lowest BCUT2D eigenvalue weighted by atomic mass is 10.1. The van der Waals surface area contributed by atoms with Crippen LogP contribution in [0.2, 0.25) is 0 Å². The van der Waals surface area contributed by atoms with Gasteiger partial charge in [-0.25, -0.2) is 8.42 Å². The first-order chi connectivity index (χ1) is 9.63. The molecule has 1 aromatic rings. The number of nitrogens with zero attached hydrogens (tertiary/aromatic N) is 4. The molecule has 2 fully saturated rings. The number of aromatic nitrogens is 2. The summed E-state index contributed by atoms with van der Waals surface area (Å²) in [7, 11) is -3.09. The van der Waals surface area contributed by atoms with E-state index in [9.17, 15) is 8.42 Å². The smallest absolute Gasteiger partial charge is 0.214 e. The fourth-order valence-corrected chi connectivity index (χ4v) is 5.84. The molecule has 0 aliphatic carbocycles. The molecule has 20 heavy (non-hydrogen) atoms. The molecule has 0 N–H and O–H groups in total. The second-order valence-corrected chi connectivity index (χ2v) is 8.26. The molecule has 2 aliphatic heterocycles. The summed E-state index contributed by atoms with van der Waals surface area (Å²) >= 11 is 1.53. The van der Waals surface area contributed by atoms with E-state index in [-0.39, 0.29) is 17.8 Å². The zero-order valence-electron chi connectivity index (χ0n) is 11.6. The molecular formula is C12H20N4O2S2. The number of anilines is 1. The second kappa shape index (κ2) is 5.57. The Balaban J connectivity index is 1.74. The van der Waals surface area contributed by atoms with Crippen LogP contribution in [0.4, 0.5) is 5.13 Å². The Labute approximate surface area is 123 Å². The van der Waals surface area contributed by atoms with E-state index >= 15 is 0 Å². The van der Waals surface area contributed by atoms with Crippen molar-refractivity contribution in [3.05, 3.63) is 5.51 Å². The van der Waals surface area contributed by atoms with Gasteiger partial charge in [-0.3, -0.25) is 0 Å². The molecule has 6 nitrogen and oxygen atoms in total. The first kappa shape index (κ1) is 14.2. The van der Waals surface area contributed by atoms with Crippen molar-refractivity contribution in [3.63, 3.8) is 0 Å². The summed E-state index contributed by atoms with van der Waals surface area (Å²) < 4.78 is 26.6. The van der Waals surface area contributed by atoms with Crippen molar-refractivity contribution < 1.29 is 8.42 Å². The summed E-state index contributed by atoms with van der Waals surface area (Å²) in [5, 5.41) is 8.93. The van der Waals surface area contributed by atoms with Crippen LogP contribution in [0.3, 0.4) is 0 Å². The lowest BCUT2D eigenvalue weighted by Crippen LogP contribution is -2.40. The predicted molar refractivity (Wildman–Crippen MR) is 79.5 cm³/mol. The minimum atomic E-state index is -3.09. The molecule has 2 aliphatic rings. The van der Waals surface area contributed by atoms with Crippen molar-refractivity contribution >= 4 is 26.5 Å². The third-order valence-electron chi connectivity index (χ3n) is 4.23. The van der Waals surface area contributed by atoms with Crippen LogP contribution < -0.4 is 4.90 Å². The van der Waals surface area contributed by atoms with E-state index in [1.54, 1.807) is 9.82 Å². The molecule has 0 aromatic carbocycles. The minimum Gasteiger partial charge on any atom is -0.342 e. The van der Waals surface area contributed by atoms with Gasteiger partial charge in [0.05, 0.1) is 5.75 Å². The van der Waals surface area contributed by atoms with Gasteiger partial charge < -0.3 is 4.90 Å². The molecule has 0 radical (unpaired) electrons.